The third-order valence-corrected chi connectivity index (χ3v) is 3.72. The first-order chi connectivity index (χ1) is 9.43. The quantitative estimate of drug-likeness (QED) is 0.871. The van der Waals surface area contributed by atoms with Crippen LogP contribution in [0.15, 0.2) is 27.6 Å². The Labute approximate surface area is 115 Å². The number of rotatable bonds is 3. The molecule has 0 aliphatic heterocycles. The molecule has 1 saturated carbocycles. The van der Waals surface area contributed by atoms with Crippen LogP contribution in [-0.4, -0.2) is 22.5 Å². The summed E-state index contributed by atoms with van der Waals surface area (Å²) >= 11 is 0. The predicted molar refractivity (Wildman–Crippen MR) is 70.4 cm³/mol. The smallest absolute Gasteiger partial charge is 0.335 e. The van der Waals surface area contributed by atoms with Crippen LogP contribution >= 0.6 is 0 Å². The Morgan fingerprint density at radius 1 is 1.45 bits per heavy atom. The molecule has 6 nitrogen and oxygen atoms in total. The van der Waals surface area contributed by atoms with Gasteiger partial charge in [0.05, 0.1) is 5.56 Å². The number of carbonyl (C=O) groups excluding carboxylic acids is 1. The zero-order valence-corrected chi connectivity index (χ0v) is 11.2. The molecule has 108 valence electrons. The number of aliphatic carboxylic acids is 1. The second-order valence-electron chi connectivity index (χ2n) is 5.39. The number of amides is 1. The van der Waals surface area contributed by atoms with Crippen LogP contribution in [0.2, 0.25) is 0 Å². The predicted octanol–water partition coefficient (Wildman–Crippen LogP) is 1.40. The summed E-state index contributed by atoms with van der Waals surface area (Å²) in [5.74, 6) is -1.31. The Balaban J connectivity index is 2.20. The molecule has 1 aliphatic rings. The highest BCUT2D eigenvalue weighted by Crippen LogP contribution is 2.32. The fourth-order valence-electron chi connectivity index (χ4n) is 2.69. The minimum atomic E-state index is -1.23. The third kappa shape index (κ3) is 2.89. The van der Waals surface area contributed by atoms with Crippen LogP contribution in [-0.2, 0) is 4.79 Å². The maximum atomic E-state index is 12.1. The third-order valence-electron chi connectivity index (χ3n) is 3.72. The van der Waals surface area contributed by atoms with E-state index >= 15 is 0 Å². The first-order valence-electron chi connectivity index (χ1n) is 6.58. The number of hydrogen-bond donors (Lipinski definition) is 2. The molecule has 0 radical (unpaired) electrons. The fraction of sp³-hybridized carbons (Fsp3) is 0.500. The first-order valence-corrected chi connectivity index (χ1v) is 6.58. The summed E-state index contributed by atoms with van der Waals surface area (Å²) in [6, 6.07) is 2.45. The highest BCUT2D eigenvalue weighted by atomic mass is 16.4. The van der Waals surface area contributed by atoms with E-state index in [2.05, 4.69) is 9.73 Å². The number of carboxylic acid groups (broad SMARTS) is 1. The second kappa shape index (κ2) is 5.48. The van der Waals surface area contributed by atoms with E-state index in [1.54, 1.807) is 0 Å². The zero-order chi connectivity index (χ0) is 14.8. The SMILES string of the molecule is CC1CCCC(NC(=O)c2ccc(=O)oc2)(C(=O)O)C1. The Kier molecular flexibility index (Phi) is 3.92. The van der Waals surface area contributed by atoms with Gasteiger partial charge in [-0.25, -0.2) is 9.59 Å². The van der Waals surface area contributed by atoms with Crippen molar-refractivity contribution < 1.29 is 19.1 Å². The van der Waals surface area contributed by atoms with Crippen LogP contribution in [0.3, 0.4) is 0 Å². The molecule has 1 fully saturated rings. The van der Waals surface area contributed by atoms with Gasteiger partial charge in [-0.1, -0.05) is 19.8 Å². The molecule has 2 unspecified atom stereocenters. The lowest BCUT2D eigenvalue weighted by molar-refractivity contribution is -0.146. The van der Waals surface area contributed by atoms with Gasteiger partial charge in [-0.05, 0) is 24.8 Å². The van der Waals surface area contributed by atoms with E-state index in [1.807, 2.05) is 6.92 Å². The maximum absolute atomic E-state index is 12.1. The topological polar surface area (TPSA) is 96.6 Å². The molecular formula is C14H17NO5. The van der Waals surface area contributed by atoms with Crippen molar-refractivity contribution in [1.82, 2.24) is 5.32 Å². The minimum Gasteiger partial charge on any atom is -0.480 e. The van der Waals surface area contributed by atoms with E-state index in [1.165, 1.54) is 6.07 Å². The normalized spacial score (nSPS) is 25.9. The van der Waals surface area contributed by atoms with E-state index in [4.69, 9.17) is 0 Å². The second-order valence-corrected chi connectivity index (χ2v) is 5.39. The van der Waals surface area contributed by atoms with Crippen molar-refractivity contribution in [2.75, 3.05) is 0 Å². The highest BCUT2D eigenvalue weighted by Gasteiger charge is 2.43. The molecule has 0 saturated heterocycles. The summed E-state index contributed by atoms with van der Waals surface area (Å²) in [7, 11) is 0. The van der Waals surface area contributed by atoms with Gasteiger partial charge in [0.15, 0.2) is 0 Å². The van der Waals surface area contributed by atoms with Crippen LogP contribution in [0.5, 0.6) is 0 Å². The molecule has 1 aromatic heterocycles. The molecule has 20 heavy (non-hydrogen) atoms. The van der Waals surface area contributed by atoms with Gasteiger partial charge in [-0.15, -0.1) is 0 Å². The summed E-state index contributed by atoms with van der Waals surface area (Å²) in [5, 5.41) is 12.1. The van der Waals surface area contributed by atoms with Crippen molar-refractivity contribution in [1.29, 1.82) is 0 Å². The Morgan fingerprint density at radius 3 is 2.75 bits per heavy atom. The number of carboxylic acids is 1. The van der Waals surface area contributed by atoms with Gasteiger partial charge in [0.1, 0.15) is 11.8 Å². The van der Waals surface area contributed by atoms with Gasteiger partial charge < -0.3 is 14.8 Å². The van der Waals surface area contributed by atoms with Gasteiger partial charge >= 0.3 is 11.6 Å². The lowest BCUT2D eigenvalue weighted by atomic mass is 9.76. The lowest BCUT2D eigenvalue weighted by Crippen LogP contribution is -2.56. The Bertz CT molecular complexity index is 559. The molecule has 6 heteroatoms. The number of carbonyl (C=O) groups is 2. The van der Waals surface area contributed by atoms with Gasteiger partial charge in [-0.2, -0.15) is 0 Å². The summed E-state index contributed by atoms with van der Waals surface area (Å²) in [6.45, 7) is 1.98. The van der Waals surface area contributed by atoms with Crippen molar-refractivity contribution in [2.45, 2.75) is 38.1 Å². The lowest BCUT2D eigenvalue weighted by Gasteiger charge is -2.37. The van der Waals surface area contributed by atoms with Crippen LogP contribution in [0.4, 0.5) is 0 Å². The highest BCUT2D eigenvalue weighted by molar-refractivity contribution is 5.97. The molecule has 1 aromatic rings. The number of hydrogen-bond acceptors (Lipinski definition) is 4. The molecule has 1 amide bonds. The van der Waals surface area contributed by atoms with Gasteiger partial charge in [0, 0.05) is 6.07 Å². The van der Waals surface area contributed by atoms with E-state index in [-0.39, 0.29) is 11.5 Å². The molecule has 2 rings (SSSR count). The van der Waals surface area contributed by atoms with E-state index in [9.17, 15) is 19.5 Å². The van der Waals surface area contributed by atoms with E-state index in [0.29, 0.717) is 12.8 Å². The maximum Gasteiger partial charge on any atom is 0.335 e. The van der Waals surface area contributed by atoms with Gasteiger partial charge in [0.2, 0.25) is 0 Å². The van der Waals surface area contributed by atoms with E-state index < -0.39 is 23.0 Å². The molecule has 0 spiro atoms. The molecule has 1 heterocycles. The minimum absolute atomic E-state index is 0.142. The summed E-state index contributed by atoms with van der Waals surface area (Å²) in [5.41, 5.74) is -1.64. The Hall–Kier alpha value is -2.11. The standard InChI is InChI=1S/C14H17NO5/c1-9-3-2-6-14(7-9,13(18)19)15-12(17)10-4-5-11(16)20-8-10/h4-5,8-9H,2-3,6-7H2,1H3,(H,15,17)(H,18,19). The fourth-order valence-corrected chi connectivity index (χ4v) is 2.69. The molecule has 0 aromatic carbocycles. The first kappa shape index (κ1) is 14.3. The molecule has 1 aliphatic carbocycles. The molecule has 2 atom stereocenters. The van der Waals surface area contributed by atoms with Gasteiger partial charge in [-0.3, -0.25) is 4.79 Å². The van der Waals surface area contributed by atoms with Crippen molar-refractivity contribution in [3.8, 4) is 0 Å². The van der Waals surface area contributed by atoms with Crippen molar-refractivity contribution in [3.05, 3.63) is 34.4 Å². The van der Waals surface area contributed by atoms with Crippen molar-refractivity contribution in [3.63, 3.8) is 0 Å². The zero-order valence-electron chi connectivity index (χ0n) is 11.2. The van der Waals surface area contributed by atoms with Crippen molar-refractivity contribution >= 4 is 11.9 Å². The summed E-state index contributed by atoms with van der Waals surface area (Å²) in [6.07, 6.45) is 3.59. The monoisotopic (exact) mass is 279 g/mol. The largest absolute Gasteiger partial charge is 0.480 e. The van der Waals surface area contributed by atoms with Gasteiger partial charge in [0.25, 0.3) is 5.91 Å². The molecular weight excluding hydrogens is 262 g/mol. The van der Waals surface area contributed by atoms with E-state index in [0.717, 1.165) is 25.2 Å². The van der Waals surface area contributed by atoms with Crippen LogP contribution in [0, 0.1) is 5.92 Å². The molecule has 2 N–H and O–H groups in total. The van der Waals surface area contributed by atoms with Crippen LogP contribution in [0.1, 0.15) is 43.0 Å². The molecule has 0 bridgehead atoms. The Morgan fingerprint density at radius 2 is 2.20 bits per heavy atom. The summed E-state index contributed by atoms with van der Waals surface area (Å²) in [4.78, 5) is 34.5. The van der Waals surface area contributed by atoms with Crippen LogP contribution < -0.4 is 10.9 Å². The summed E-state index contributed by atoms with van der Waals surface area (Å²) < 4.78 is 4.62. The number of nitrogens with one attached hydrogen (secondary N) is 1. The average Bonchev–Trinajstić information content (AvgIpc) is 2.39. The van der Waals surface area contributed by atoms with Crippen LogP contribution in [0.25, 0.3) is 0 Å². The van der Waals surface area contributed by atoms with Crippen molar-refractivity contribution in [2.24, 2.45) is 5.92 Å². The average molecular weight is 279 g/mol.